The van der Waals surface area contributed by atoms with Gasteiger partial charge < -0.3 is 16.4 Å². The summed E-state index contributed by atoms with van der Waals surface area (Å²) in [5, 5.41) is 5.84. The number of nitrogens with one attached hydrogen (secondary N) is 2. The summed E-state index contributed by atoms with van der Waals surface area (Å²) in [5.41, 5.74) is 6.71. The highest BCUT2D eigenvalue weighted by molar-refractivity contribution is 5.76. The van der Waals surface area contributed by atoms with E-state index < -0.39 is 0 Å². The van der Waals surface area contributed by atoms with Crippen LogP contribution in [-0.2, 0) is 4.79 Å². The van der Waals surface area contributed by atoms with Gasteiger partial charge in [0, 0.05) is 31.1 Å². The Balaban J connectivity index is 2.04. The number of carbonyl (C=O) groups is 1. The van der Waals surface area contributed by atoms with Crippen LogP contribution in [0.1, 0.15) is 13.3 Å². The smallest absolute Gasteiger partial charge is 0.221 e. The van der Waals surface area contributed by atoms with Gasteiger partial charge in [-0.1, -0.05) is 30.3 Å². The Bertz CT molecular complexity index is 600. The Kier molecular flexibility index (Phi) is 5.09. The molecule has 110 valence electrons. The van der Waals surface area contributed by atoms with Crippen LogP contribution in [0.5, 0.6) is 0 Å². The van der Waals surface area contributed by atoms with Gasteiger partial charge in [-0.25, -0.2) is 9.97 Å². The number of nitrogen functional groups attached to an aromatic ring is 1. The summed E-state index contributed by atoms with van der Waals surface area (Å²) in [7, 11) is 0. The number of nitrogens with zero attached hydrogens (tertiary/aromatic N) is 2. The summed E-state index contributed by atoms with van der Waals surface area (Å²) in [4.78, 5) is 20.0. The molecule has 0 aliphatic heterocycles. The molecule has 4 N–H and O–H groups in total. The SMILES string of the molecule is CCNC(=O)CCNc1cc(N)nc(-c2ccccc2)n1. The molecular formula is C15H19N5O. The third-order valence-corrected chi connectivity index (χ3v) is 2.81. The van der Waals surface area contributed by atoms with Gasteiger partial charge in [-0.05, 0) is 6.92 Å². The molecule has 0 spiro atoms. The highest BCUT2D eigenvalue weighted by atomic mass is 16.1. The first kappa shape index (κ1) is 14.8. The van der Waals surface area contributed by atoms with Crippen molar-refractivity contribution in [2.75, 3.05) is 24.1 Å². The average molecular weight is 285 g/mol. The minimum absolute atomic E-state index is 0.00955. The Morgan fingerprint density at radius 2 is 2.00 bits per heavy atom. The predicted octanol–water partition coefficient (Wildman–Crippen LogP) is 1.66. The van der Waals surface area contributed by atoms with Crippen LogP contribution in [-0.4, -0.2) is 29.0 Å². The average Bonchev–Trinajstić information content (AvgIpc) is 2.48. The van der Waals surface area contributed by atoms with E-state index in [4.69, 9.17) is 5.73 Å². The molecule has 0 bridgehead atoms. The second-order valence-electron chi connectivity index (χ2n) is 4.50. The fraction of sp³-hybridized carbons (Fsp3) is 0.267. The Morgan fingerprint density at radius 3 is 2.71 bits per heavy atom. The van der Waals surface area contributed by atoms with Crippen molar-refractivity contribution in [3.8, 4) is 11.4 Å². The Hall–Kier alpha value is -2.63. The number of carbonyl (C=O) groups excluding carboxylic acids is 1. The maximum absolute atomic E-state index is 11.4. The number of hydrogen-bond donors (Lipinski definition) is 3. The molecule has 1 aromatic heterocycles. The number of anilines is 2. The summed E-state index contributed by atoms with van der Waals surface area (Å²) in [5.74, 6) is 1.58. The van der Waals surface area contributed by atoms with Gasteiger partial charge in [-0.3, -0.25) is 4.79 Å². The first-order valence-electron chi connectivity index (χ1n) is 6.89. The fourth-order valence-electron chi connectivity index (χ4n) is 1.86. The van der Waals surface area contributed by atoms with Crippen molar-refractivity contribution in [3.63, 3.8) is 0 Å². The monoisotopic (exact) mass is 285 g/mol. The molecule has 2 rings (SSSR count). The van der Waals surface area contributed by atoms with Crippen LogP contribution in [0.15, 0.2) is 36.4 Å². The zero-order chi connectivity index (χ0) is 15.1. The van der Waals surface area contributed by atoms with Gasteiger partial charge in [0.2, 0.25) is 5.91 Å². The van der Waals surface area contributed by atoms with Gasteiger partial charge in [-0.15, -0.1) is 0 Å². The number of amides is 1. The van der Waals surface area contributed by atoms with Gasteiger partial charge in [0.25, 0.3) is 0 Å². The first-order chi connectivity index (χ1) is 10.2. The molecule has 0 aliphatic rings. The van der Waals surface area contributed by atoms with Gasteiger partial charge in [-0.2, -0.15) is 0 Å². The maximum atomic E-state index is 11.4. The highest BCUT2D eigenvalue weighted by Gasteiger charge is 2.05. The van der Waals surface area contributed by atoms with Crippen molar-refractivity contribution >= 4 is 17.5 Å². The number of aromatic nitrogens is 2. The van der Waals surface area contributed by atoms with Crippen LogP contribution in [0.2, 0.25) is 0 Å². The quantitative estimate of drug-likeness (QED) is 0.750. The van der Waals surface area contributed by atoms with Crippen LogP contribution >= 0.6 is 0 Å². The second kappa shape index (κ2) is 7.23. The van der Waals surface area contributed by atoms with Crippen LogP contribution in [0.4, 0.5) is 11.6 Å². The lowest BCUT2D eigenvalue weighted by Crippen LogP contribution is -2.24. The second-order valence-corrected chi connectivity index (χ2v) is 4.50. The van der Waals surface area contributed by atoms with E-state index in [0.29, 0.717) is 37.0 Å². The van der Waals surface area contributed by atoms with Crippen molar-refractivity contribution in [2.24, 2.45) is 0 Å². The molecule has 21 heavy (non-hydrogen) atoms. The van der Waals surface area contributed by atoms with Crippen molar-refractivity contribution in [3.05, 3.63) is 36.4 Å². The van der Waals surface area contributed by atoms with Crippen molar-refractivity contribution in [1.29, 1.82) is 0 Å². The largest absolute Gasteiger partial charge is 0.384 e. The van der Waals surface area contributed by atoms with E-state index in [0.717, 1.165) is 5.56 Å². The number of rotatable bonds is 6. The first-order valence-corrected chi connectivity index (χ1v) is 6.89. The fourth-order valence-corrected chi connectivity index (χ4v) is 1.86. The van der Waals surface area contributed by atoms with E-state index in [1.807, 2.05) is 37.3 Å². The Morgan fingerprint density at radius 1 is 1.24 bits per heavy atom. The summed E-state index contributed by atoms with van der Waals surface area (Å²) in [6, 6.07) is 11.3. The van der Waals surface area contributed by atoms with Gasteiger partial charge in [0.15, 0.2) is 5.82 Å². The summed E-state index contributed by atoms with van der Waals surface area (Å²) in [6.07, 6.45) is 0.387. The summed E-state index contributed by atoms with van der Waals surface area (Å²) < 4.78 is 0. The summed E-state index contributed by atoms with van der Waals surface area (Å²) >= 11 is 0. The van der Waals surface area contributed by atoms with E-state index in [1.165, 1.54) is 0 Å². The number of benzene rings is 1. The minimum Gasteiger partial charge on any atom is -0.384 e. The van der Waals surface area contributed by atoms with Crippen LogP contribution in [0, 0.1) is 0 Å². The molecule has 6 nitrogen and oxygen atoms in total. The molecule has 2 aromatic rings. The van der Waals surface area contributed by atoms with Crippen molar-refractivity contribution < 1.29 is 4.79 Å². The Labute approximate surface area is 123 Å². The van der Waals surface area contributed by atoms with Crippen molar-refractivity contribution in [1.82, 2.24) is 15.3 Å². The molecule has 1 amide bonds. The third kappa shape index (κ3) is 4.45. The van der Waals surface area contributed by atoms with Crippen LogP contribution in [0.3, 0.4) is 0 Å². The van der Waals surface area contributed by atoms with Gasteiger partial charge in [0.1, 0.15) is 11.6 Å². The molecule has 0 unspecified atom stereocenters. The zero-order valence-electron chi connectivity index (χ0n) is 12.0. The normalized spacial score (nSPS) is 10.1. The zero-order valence-corrected chi connectivity index (χ0v) is 12.0. The molecule has 0 atom stereocenters. The highest BCUT2D eigenvalue weighted by Crippen LogP contribution is 2.18. The minimum atomic E-state index is 0.00955. The molecule has 1 heterocycles. The maximum Gasteiger partial charge on any atom is 0.221 e. The molecule has 6 heteroatoms. The summed E-state index contributed by atoms with van der Waals surface area (Å²) in [6.45, 7) is 3.02. The van der Waals surface area contributed by atoms with Crippen LogP contribution in [0.25, 0.3) is 11.4 Å². The predicted molar refractivity (Wildman–Crippen MR) is 83.7 cm³/mol. The third-order valence-electron chi connectivity index (χ3n) is 2.81. The van der Waals surface area contributed by atoms with E-state index in [1.54, 1.807) is 6.07 Å². The molecular weight excluding hydrogens is 266 g/mol. The molecule has 0 saturated heterocycles. The van der Waals surface area contributed by atoms with E-state index in [-0.39, 0.29) is 5.91 Å². The molecule has 0 fully saturated rings. The number of hydrogen-bond acceptors (Lipinski definition) is 5. The van der Waals surface area contributed by atoms with Gasteiger partial charge >= 0.3 is 0 Å². The lowest BCUT2D eigenvalue weighted by molar-refractivity contribution is -0.120. The standard InChI is InChI=1S/C15H19N5O/c1-2-17-14(21)8-9-18-13-10-12(16)19-15(20-13)11-6-4-3-5-7-11/h3-7,10H,2,8-9H2,1H3,(H,17,21)(H3,16,18,19,20). The molecule has 0 saturated carbocycles. The lowest BCUT2D eigenvalue weighted by atomic mass is 10.2. The van der Waals surface area contributed by atoms with E-state index >= 15 is 0 Å². The number of nitrogens with two attached hydrogens (primary N) is 1. The van der Waals surface area contributed by atoms with Crippen LogP contribution < -0.4 is 16.4 Å². The van der Waals surface area contributed by atoms with E-state index in [2.05, 4.69) is 20.6 Å². The van der Waals surface area contributed by atoms with Crippen molar-refractivity contribution in [2.45, 2.75) is 13.3 Å². The van der Waals surface area contributed by atoms with Gasteiger partial charge in [0.05, 0.1) is 0 Å². The lowest BCUT2D eigenvalue weighted by Gasteiger charge is -2.08. The molecule has 0 aliphatic carbocycles. The molecule has 0 radical (unpaired) electrons. The van der Waals surface area contributed by atoms with E-state index in [9.17, 15) is 4.79 Å². The topological polar surface area (TPSA) is 92.9 Å². The molecule has 1 aromatic carbocycles.